The van der Waals surface area contributed by atoms with Crippen molar-refractivity contribution in [2.45, 2.75) is 26.4 Å². The number of rotatable bonds is 3. The molecule has 0 amide bonds. The van der Waals surface area contributed by atoms with E-state index in [1.807, 2.05) is 38.1 Å². The number of nitrogens with zero attached hydrogens (tertiary/aromatic N) is 2. The summed E-state index contributed by atoms with van der Waals surface area (Å²) in [7, 11) is 0. The molecule has 0 radical (unpaired) electrons. The zero-order valence-corrected chi connectivity index (χ0v) is 10.2. The molecule has 16 heavy (non-hydrogen) atoms. The molecule has 0 aliphatic rings. The van der Waals surface area contributed by atoms with Crippen molar-refractivity contribution < 1.29 is 5.11 Å². The third-order valence-electron chi connectivity index (χ3n) is 2.56. The van der Waals surface area contributed by atoms with Gasteiger partial charge < -0.3 is 5.11 Å². The Hall–Kier alpha value is -1.26. The number of aryl methyl sites for hydroxylation is 2. The number of aromatic nitrogens is 2. The summed E-state index contributed by atoms with van der Waals surface area (Å²) in [6, 6.07) is 7.88. The van der Waals surface area contributed by atoms with E-state index in [0.29, 0.717) is 0 Å². The van der Waals surface area contributed by atoms with Crippen LogP contribution < -0.4 is 0 Å². The molecule has 0 saturated carbocycles. The Labute approximate surface area is 98.9 Å². The number of benzene rings is 1. The van der Waals surface area contributed by atoms with Gasteiger partial charge in [0.1, 0.15) is 6.10 Å². The van der Waals surface area contributed by atoms with Gasteiger partial charge in [0, 0.05) is 0 Å². The van der Waals surface area contributed by atoms with Crippen LogP contribution in [0.1, 0.15) is 34.7 Å². The highest BCUT2D eigenvalue weighted by atomic mass is 32.1. The number of hydrogen-bond donors (Lipinski definition) is 1. The number of aliphatic hydroxyl groups is 1. The molecule has 1 aromatic carbocycles. The fourth-order valence-electron chi connectivity index (χ4n) is 1.57. The fourth-order valence-corrected chi connectivity index (χ4v) is 2.32. The molecule has 1 atom stereocenters. The van der Waals surface area contributed by atoms with Crippen molar-refractivity contribution in [1.82, 2.24) is 9.59 Å². The number of aliphatic hydroxyl groups excluding tert-OH is 1. The van der Waals surface area contributed by atoms with Gasteiger partial charge in [0.25, 0.3) is 0 Å². The van der Waals surface area contributed by atoms with Gasteiger partial charge in [0.2, 0.25) is 0 Å². The summed E-state index contributed by atoms with van der Waals surface area (Å²) in [5, 5.41) is 14.2. The van der Waals surface area contributed by atoms with Gasteiger partial charge in [0.15, 0.2) is 0 Å². The maximum atomic E-state index is 10.2. The van der Waals surface area contributed by atoms with Crippen molar-refractivity contribution >= 4 is 11.5 Å². The highest BCUT2D eigenvalue weighted by molar-refractivity contribution is 7.05. The van der Waals surface area contributed by atoms with Gasteiger partial charge in [-0.1, -0.05) is 41.2 Å². The maximum Gasteiger partial charge on any atom is 0.117 e. The van der Waals surface area contributed by atoms with Crippen LogP contribution >= 0.6 is 11.5 Å². The molecule has 84 valence electrons. The smallest absolute Gasteiger partial charge is 0.117 e. The monoisotopic (exact) mass is 234 g/mol. The van der Waals surface area contributed by atoms with Crippen LogP contribution in [0.2, 0.25) is 0 Å². The summed E-state index contributed by atoms with van der Waals surface area (Å²) in [4.78, 5) is 0.853. The lowest BCUT2D eigenvalue weighted by Gasteiger charge is -2.09. The Morgan fingerprint density at radius 3 is 2.62 bits per heavy atom. The van der Waals surface area contributed by atoms with Crippen molar-refractivity contribution in [3.63, 3.8) is 0 Å². The van der Waals surface area contributed by atoms with Gasteiger partial charge in [-0.3, -0.25) is 0 Å². The first-order chi connectivity index (χ1) is 7.72. The lowest BCUT2D eigenvalue weighted by molar-refractivity contribution is 0.223. The Balaban J connectivity index is 2.31. The molecule has 1 aromatic heterocycles. The summed E-state index contributed by atoms with van der Waals surface area (Å²) in [5.74, 6) is 0. The molecule has 1 unspecified atom stereocenters. The van der Waals surface area contributed by atoms with Crippen LogP contribution in [0.3, 0.4) is 0 Å². The molecule has 1 N–H and O–H groups in total. The van der Waals surface area contributed by atoms with Gasteiger partial charge in [-0.25, -0.2) is 0 Å². The Bertz CT molecular complexity index is 464. The van der Waals surface area contributed by atoms with Crippen molar-refractivity contribution in [3.8, 4) is 0 Å². The van der Waals surface area contributed by atoms with Crippen LogP contribution in [0.4, 0.5) is 0 Å². The Morgan fingerprint density at radius 2 is 2.00 bits per heavy atom. The van der Waals surface area contributed by atoms with E-state index in [1.165, 1.54) is 17.1 Å². The molecule has 3 nitrogen and oxygen atoms in total. The molecule has 0 spiro atoms. The highest BCUT2D eigenvalue weighted by Gasteiger charge is 2.17. The van der Waals surface area contributed by atoms with E-state index in [4.69, 9.17) is 0 Å². The first kappa shape index (κ1) is 11.2. The third kappa shape index (κ3) is 2.13. The third-order valence-corrected chi connectivity index (χ3v) is 3.38. The second-order valence-electron chi connectivity index (χ2n) is 3.75. The summed E-state index contributed by atoms with van der Waals surface area (Å²) in [6.07, 6.45) is 0.199. The molecule has 2 rings (SSSR count). The van der Waals surface area contributed by atoms with Crippen LogP contribution in [-0.4, -0.2) is 14.7 Å². The number of hydrogen-bond acceptors (Lipinski definition) is 4. The quantitative estimate of drug-likeness (QED) is 0.887. The van der Waals surface area contributed by atoms with Crippen LogP contribution in [-0.2, 0) is 6.42 Å². The largest absolute Gasteiger partial charge is 0.383 e. The van der Waals surface area contributed by atoms with Crippen molar-refractivity contribution in [1.29, 1.82) is 0 Å². The molecule has 0 fully saturated rings. The molecular formula is C12H14N2OS. The van der Waals surface area contributed by atoms with Crippen molar-refractivity contribution in [2.75, 3.05) is 0 Å². The van der Waals surface area contributed by atoms with Crippen LogP contribution in [0.15, 0.2) is 24.3 Å². The van der Waals surface area contributed by atoms with Crippen molar-refractivity contribution in [2.24, 2.45) is 0 Å². The minimum atomic E-state index is -0.601. The predicted octanol–water partition coefficient (Wildman–Crippen LogP) is 2.49. The molecule has 0 aliphatic heterocycles. The van der Waals surface area contributed by atoms with E-state index in [2.05, 4.69) is 9.59 Å². The highest BCUT2D eigenvalue weighted by Crippen LogP contribution is 2.27. The van der Waals surface area contributed by atoms with Crippen molar-refractivity contribution in [3.05, 3.63) is 46.0 Å². The van der Waals surface area contributed by atoms with Gasteiger partial charge >= 0.3 is 0 Å². The van der Waals surface area contributed by atoms with Gasteiger partial charge in [-0.2, -0.15) is 0 Å². The minimum Gasteiger partial charge on any atom is -0.383 e. The molecule has 0 bridgehead atoms. The van der Waals surface area contributed by atoms with E-state index >= 15 is 0 Å². The minimum absolute atomic E-state index is 0.601. The van der Waals surface area contributed by atoms with Gasteiger partial charge in [-0.15, -0.1) is 5.10 Å². The molecular weight excluding hydrogens is 220 g/mol. The molecule has 0 aliphatic carbocycles. The summed E-state index contributed by atoms with van der Waals surface area (Å²) in [5.41, 5.74) is 2.97. The van der Waals surface area contributed by atoms with Crippen LogP contribution in [0, 0.1) is 6.92 Å². The van der Waals surface area contributed by atoms with E-state index in [-0.39, 0.29) is 0 Å². The van der Waals surface area contributed by atoms with Gasteiger partial charge in [-0.05, 0) is 30.4 Å². The topological polar surface area (TPSA) is 46.0 Å². The predicted molar refractivity (Wildman–Crippen MR) is 64.5 cm³/mol. The zero-order chi connectivity index (χ0) is 11.5. The summed E-state index contributed by atoms with van der Waals surface area (Å²) >= 11 is 1.27. The van der Waals surface area contributed by atoms with E-state index in [0.717, 1.165) is 22.6 Å². The zero-order valence-electron chi connectivity index (χ0n) is 9.34. The van der Waals surface area contributed by atoms with Crippen LogP contribution in [0.25, 0.3) is 0 Å². The van der Waals surface area contributed by atoms with E-state index < -0.39 is 6.10 Å². The second kappa shape index (κ2) is 4.72. The SMILES string of the molecule is CCc1nnsc1C(O)c1ccc(C)cc1. The summed E-state index contributed by atoms with van der Waals surface area (Å²) < 4.78 is 3.89. The average molecular weight is 234 g/mol. The molecule has 0 saturated heterocycles. The Kier molecular flexibility index (Phi) is 3.31. The maximum absolute atomic E-state index is 10.2. The Morgan fingerprint density at radius 1 is 1.31 bits per heavy atom. The first-order valence-electron chi connectivity index (χ1n) is 5.28. The van der Waals surface area contributed by atoms with E-state index in [1.54, 1.807) is 0 Å². The van der Waals surface area contributed by atoms with E-state index in [9.17, 15) is 5.11 Å². The summed E-state index contributed by atoms with van der Waals surface area (Å²) in [6.45, 7) is 4.05. The normalized spacial score (nSPS) is 12.7. The van der Waals surface area contributed by atoms with Gasteiger partial charge in [0.05, 0.1) is 10.6 Å². The average Bonchev–Trinajstić information content (AvgIpc) is 2.77. The standard InChI is InChI=1S/C12H14N2OS/c1-3-10-12(16-14-13-10)11(15)9-6-4-8(2)5-7-9/h4-7,11,15H,3H2,1-2H3. The lowest BCUT2D eigenvalue weighted by Crippen LogP contribution is -2.00. The first-order valence-corrected chi connectivity index (χ1v) is 6.05. The molecule has 4 heteroatoms. The molecule has 1 heterocycles. The van der Waals surface area contributed by atoms with Crippen LogP contribution in [0.5, 0.6) is 0 Å². The second-order valence-corrected chi connectivity index (χ2v) is 4.54. The molecule has 2 aromatic rings. The fraction of sp³-hybridized carbons (Fsp3) is 0.333. The lowest BCUT2D eigenvalue weighted by atomic mass is 10.0.